The summed E-state index contributed by atoms with van der Waals surface area (Å²) in [5.74, 6) is 2.83. The molecule has 3 saturated carbocycles. The Morgan fingerprint density at radius 1 is 0.450 bits per heavy atom. The SMILES string of the molecule is CCC(C)(C)C(=O)N(CO)CO.CCC(C)(C)C(=O)NCO.CCC(C)(C)C(=O)Nc1ccc(CO)cc1.CCC(C)(C)C(=O)Nc1ccc(O)cc1.CCC(C)(C)C(=O)OC1CC2CC1C1C2CC2OC21.CCC(C)(C)C(=O)Oc1cc(O)cc(CO)c1.CCC(C)(C)C(=O)Oc1ccc(CO)cc1.CCC(C)C(=O)NCO.CCC1(COC(=O)C(C)(C)CC)COC1. The number of aromatic hydroxyl groups is 2. The molecule has 2 bridgehead atoms. The Bertz CT molecular complexity index is 3980. The summed E-state index contributed by atoms with van der Waals surface area (Å²) in [7, 11) is 0. The Hall–Kier alpha value is -8.65. The first-order valence-corrected chi connectivity index (χ1v) is 45.7. The quantitative estimate of drug-likeness (QED) is 0.00692. The van der Waals surface area contributed by atoms with Gasteiger partial charge in [-0.15, -0.1) is 0 Å². The molecule has 29 heteroatoms. The molecule has 4 aromatic carbocycles. The summed E-state index contributed by atoms with van der Waals surface area (Å²) in [5, 5.41) is 89.6. The first kappa shape index (κ1) is 118. The van der Waals surface area contributed by atoms with Gasteiger partial charge in [0.05, 0.1) is 72.3 Å². The number of amides is 5. The highest BCUT2D eigenvalue weighted by Crippen LogP contribution is 2.65. The molecule has 5 fully saturated rings. The number of anilines is 2. The second-order valence-electron chi connectivity index (χ2n) is 39.0. The van der Waals surface area contributed by atoms with Gasteiger partial charge in [-0.05, 0) is 234 Å². The highest BCUT2D eigenvalue weighted by molar-refractivity contribution is 5.95. The van der Waals surface area contributed by atoms with Crippen molar-refractivity contribution in [2.45, 2.75) is 309 Å². The number of nitrogens with one attached hydrogen (secondary N) is 4. The highest BCUT2D eigenvalue weighted by atomic mass is 16.6. The maximum Gasteiger partial charge on any atom is 0.316 e. The molecule has 2 saturated heterocycles. The fourth-order valence-corrected chi connectivity index (χ4v) is 12.2. The molecule has 4 aromatic rings. The minimum atomic E-state index is -0.565. The Balaban J connectivity index is 0.000000732. The van der Waals surface area contributed by atoms with Crippen LogP contribution in [0.4, 0.5) is 11.4 Å². The van der Waals surface area contributed by atoms with Crippen LogP contribution in [0.15, 0.2) is 91.0 Å². The molecule has 29 nitrogen and oxygen atoms in total. The van der Waals surface area contributed by atoms with E-state index in [9.17, 15) is 48.3 Å². The van der Waals surface area contributed by atoms with Crippen molar-refractivity contribution in [2.24, 2.45) is 78.3 Å². The van der Waals surface area contributed by atoms with Crippen LogP contribution in [0.2, 0.25) is 0 Å². The average molecular weight is 1820 g/mol. The predicted molar refractivity (Wildman–Crippen MR) is 500 cm³/mol. The van der Waals surface area contributed by atoms with E-state index in [1.807, 2.05) is 145 Å². The number of benzene rings is 4. The smallest absolute Gasteiger partial charge is 0.316 e. The maximum absolute atomic E-state index is 12.3. The molecule has 0 radical (unpaired) electrons. The molecule has 2 heterocycles. The van der Waals surface area contributed by atoms with Gasteiger partial charge in [-0.3, -0.25) is 48.1 Å². The molecule has 0 aromatic heterocycles. The van der Waals surface area contributed by atoms with Gasteiger partial charge in [-0.25, -0.2) is 0 Å². The van der Waals surface area contributed by atoms with Crippen molar-refractivity contribution in [3.05, 3.63) is 108 Å². The average Bonchev–Trinajstić information content (AvgIpc) is 1.54. The lowest BCUT2D eigenvalue weighted by Gasteiger charge is -2.40. The van der Waals surface area contributed by atoms with E-state index in [1.165, 1.54) is 31.0 Å². The largest absolute Gasteiger partial charge is 0.508 e. The molecular formula is C100H163N5O24. The number of rotatable bonds is 33. The van der Waals surface area contributed by atoms with Gasteiger partial charge in [-0.2, -0.15) is 0 Å². The van der Waals surface area contributed by atoms with Crippen LogP contribution in [0.5, 0.6) is 23.0 Å². The van der Waals surface area contributed by atoms with Crippen molar-refractivity contribution in [2.75, 3.05) is 57.4 Å². The number of hydrogen-bond acceptors (Lipinski definition) is 24. The number of nitrogens with zero attached hydrogens (tertiary/aromatic N) is 1. The standard InChI is InChI=1S/C16H24O3.C13H19NO2.C13H18O4.C13H18O3.C12H17NO2.C12H22O3.C8H17NO3.C7H15NO2.C6H13NO2/c1-4-16(2,3)15(17)19-11-6-8-5-10(11)13-9(8)7-12-14(13)18-12;1-4-13(2,3)12(16)14-11-7-5-10(9-15)6-8-11;1-4-13(2,3)12(16)17-11-6-9(8-14)5-10(15)7-11;1-4-13(2,3)12(15)16-11-7-5-10(9-14)6-8-11;1-4-12(2,3)11(15)13-9-5-7-10(14)8-6-9;1-5-11(3,4)10(13)15-9-12(6-2)7-14-8-12;1-4-8(2,3)7(12)9(5-10)6-11;1-4-7(2,3)6(10)8-5-9;1-3-5(2)6(9)7-4-8/h8-14H,4-7H2,1-3H3;5-8,15H,4,9H2,1-3H3,(H,14,16);5-7,14-15H,4,8H2,1-3H3;5-8,14H,4,9H2,1-3H3;5-8,14H,4H2,1-3H3,(H,13,15);5-9H2,1-4H3;10-11H,4-6H2,1-3H3;9H,4-5H2,1-3H3,(H,8,10);5,8H,3-4H2,1-2H3,(H,7,9). The van der Waals surface area contributed by atoms with Crippen molar-refractivity contribution in [3.8, 4) is 23.0 Å². The predicted octanol–water partition coefficient (Wildman–Crippen LogP) is 16.0. The van der Waals surface area contributed by atoms with Gasteiger partial charge in [0.1, 0.15) is 62.6 Å². The van der Waals surface area contributed by atoms with Gasteiger partial charge in [0.2, 0.25) is 29.5 Å². The van der Waals surface area contributed by atoms with E-state index < -0.39 is 29.7 Å². The molecule has 5 aliphatic rings. The Morgan fingerprint density at radius 3 is 1.26 bits per heavy atom. The zero-order chi connectivity index (χ0) is 99.0. The Morgan fingerprint density at radius 2 is 0.860 bits per heavy atom. The van der Waals surface area contributed by atoms with Crippen molar-refractivity contribution >= 4 is 64.8 Å². The number of epoxide rings is 1. The van der Waals surface area contributed by atoms with Gasteiger partial charge >= 0.3 is 23.9 Å². The lowest BCUT2D eigenvalue weighted by molar-refractivity contribution is -0.178. The zero-order valence-electron chi connectivity index (χ0n) is 82.6. The van der Waals surface area contributed by atoms with Crippen LogP contribution in [0, 0.1) is 78.3 Å². The lowest BCUT2D eigenvalue weighted by atomic mass is 9.79. The summed E-state index contributed by atoms with van der Waals surface area (Å²) in [5.41, 5.74) is 0.406. The first-order chi connectivity index (χ1) is 60.0. The van der Waals surface area contributed by atoms with Gasteiger partial charge < -0.3 is 95.6 Å². The van der Waals surface area contributed by atoms with Crippen molar-refractivity contribution in [3.63, 3.8) is 0 Å². The van der Waals surface area contributed by atoms with E-state index in [2.05, 4.69) is 35.1 Å². The maximum atomic E-state index is 12.3. The van der Waals surface area contributed by atoms with Crippen LogP contribution in [-0.2, 0) is 81.9 Å². The molecule has 8 atom stereocenters. The number of ether oxygens (including phenoxy) is 6. The highest BCUT2D eigenvalue weighted by Gasteiger charge is 2.67. The number of hydrogen-bond donors (Lipinski definition) is 13. The lowest BCUT2D eigenvalue weighted by Crippen LogP contribution is -2.47. The molecule has 732 valence electrons. The molecular weight excluding hydrogens is 1660 g/mol. The van der Waals surface area contributed by atoms with Crippen molar-refractivity contribution in [1.29, 1.82) is 0 Å². The minimum absolute atomic E-state index is 0.00399. The van der Waals surface area contributed by atoms with E-state index in [0.29, 0.717) is 60.5 Å². The second-order valence-corrected chi connectivity index (χ2v) is 39.0. The van der Waals surface area contributed by atoms with E-state index in [0.717, 1.165) is 105 Å². The fraction of sp³-hybridized carbons (Fsp3) is 0.670. The second kappa shape index (κ2) is 55.0. The zero-order valence-corrected chi connectivity index (χ0v) is 82.6. The number of fused-ring (bicyclic) bond motifs is 7. The topological polar surface area (TPSA) is 446 Å². The summed E-state index contributed by atoms with van der Waals surface area (Å²) in [4.78, 5) is 105. The third-order valence-corrected chi connectivity index (χ3v) is 26.1. The normalized spacial score (nSPS) is 18.0. The number of esters is 4. The number of aliphatic hydroxyl groups excluding tert-OH is 7. The van der Waals surface area contributed by atoms with E-state index in [1.54, 1.807) is 100 Å². The van der Waals surface area contributed by atoms with Gasteiger partial charge in [-0.1, -0.05) is 156 Å². The Labute approximate surface area is 769 Å². The van der Waals surface area contributed by atoms with Gasteiger partial charge in [0.25, 0.3) is 0 Å². The first-order valence-electron chi connectivity index (χ1n) is 45.7. The fourth-order valence-electron chi connectivity index (χ4n) is 12.2. The summed E-state index contributed by atoms with van der Waals surface area (Å²) in [6, 6.07) is 24.8. The third kappa shape index (κ3) is 38.6. The molecule has 5 amide bonds. The van der Waals surface area contributed by atoms with E-state index in [-0.39, 0.29) is 148 Å². The number of aliphatic hydroxyl groups is 7. The van der Waals surface area contributed by atoms with Crippen LogP contribution in [0.3, 0.4) is 0 Å². The molecule has 9 rings (SSSR count). The van der Waals surface area contributed by atoms with Crippen LogP contribution in [0.1, 0.15) is 287 Å². The molecule has 13 N–H and O–H groups in total. The summed E-state index contributed by atoms with van der Waals surface area (Å²) in [6.45, 7) is 52.0. The molecule has 3 aliphatic carbocycles. The van der Waals surface area contributed by atoms with Gasteiger partial charge in [0.15, 0.2) is 0 Å². The molecule has 8 unspecified atom stereocenters. The molecule has 2 aliphatic heterocycles. The van der Waals surface area contributed by atoms with Crippen molar-refractivity contribution < 1.29 is 118 Å². The Kier molecular flexibility index (Phi) is 50.5. The van der Waals surface area contributed by atoms with Crippen LogP contribution >= 0.6 is 0 Å². The number of carbonyl (C=O) groups excluding carboxylic acids is 9. The summed E-state index contributed by atoms with van der Waals surface area (Å²) in [6.07, 6.45) is 12.8. The number of carbonyl (C=O) groups is 9. The van der Waals surface area contributed by atoms with E-state index in [4.69, 9.17) is 69.3 Å². The summed E-state index contributed by atoms with van der Waals surface area (Å²) < 4.78 is 32.6. The van der Waals surface area contributed by atoms with Crippen molar-refractivity contribution in [1.82, 2.24) is 15.5 Å². The number of phenolic OH excluding ortho intramolecular Hbond substituents is 2. The summed E-state index contributed by atoms with van der Waals surface area (Å²) >= 11 is 0. The number of phenols is 2. The van der Waals surface area contributed by atoms with E-state index >= 15 is 0 Å². The molecule has 129 heavy (non-hydrogen) atoms. The van der Waals surface area contributed by atoms with Crippen LogP contribution < -0.4 is 30.7 Å². The molecule has 0 spiro atoms. The van der Waals surface area contributed by atoms with Crippen LogP contribution in [0.25, 0.3) is 0 Å². The third-order valence-electron chi connectivity index (χ3n) is 26.1. The monoisotopic (exact) mass is 1820 g/mol. The minimum Gasteiger partial charge on any atom is -0.508 e. The van der Waals surface area contributed by atoms with Gasteiger partial charge in [0, 0.05) is 50.9 Å². The van der Waals surface area contributed by atoms with Crippen LogP contribution in [-0.4, -0.2) is 169 Å².